The van der Waals surface area contributed by atoms with Crippen molar-refractivity contribution in [2.45, 2.75) is 33.2 Å². The summed E-state index contributed by atoms with van der Waals surface area (Å²) in [5.74, 6) is 0. The highest BCUT2D eigenvalue weighted by molar-refractivity contribution is 7.09. The second-order valence-corrected chi connectivity index (χ2v) is 5.10. The highest BCUT2D eigenvalue weighted by Crippen LogP contribution is 2.17. The predicted molar refractivity (Wildman–Crippen MR) is 72.7 cm³/mol. The molecule has 1 heterocycles. The van der Waals surface area contributed by atoms with Gasteiger partial charge in [-0.05, 0) is 20.3 Å². The molecule has 0 saturated heterocycles. The number of aliphatic hydroxyl groups is 1. The Morgan fingerprint density at radius 3 is 2.83 bits per heavy atom. The lowest BCUT2D eigenvalue weighted by molar-refractivity contribution is 0.174. The van der Waals surface area contributed by atoms with Crippen molar-refractivity contribution in [2.24, 2.45) is 0 Å². The molecule has 1 unspecified atom stereocenters. The molecule has 0 aromatic carbocycles. The molecule has 6 heteroatoms. The van der Waals surface area contributed by atoms with E-state index in [9.17, 15) is 4.79 Å². The maximum Gasteiger partial charge on any atom is 0.318 e. The summed E-state index contributed by atoms with van der Waals surface area (Å²) in [4.78, 5) is 18.0. The molecule has 5 nitrogen and oxygen atoms in total. The zero-order valence-electron chi connectivity index (χ0n) is 11.1. The number of aliphatic hydroxyl groups excluding tert-OH is 1. The molecule has 1 aromatic rings. The van der Waals surface area contributed by atoms with E-state index in [0.29, 0.717) is 13.1 Å². The number of aryl methyl sites for hydroxylation is 1. The number of thiazole rings is 1. The molecule has 2 N–H and O–H groups in total. The highest BCUT2D eigenvalue weighted by Gasteiger charge is 2.17. The van der Waals surface area contributed by atoms with E-state index in [1.165, 1.54) is 0 Å². The highest BCUT2D eigenvalue weighted by atomic mass is 32.1. The van der Waals surface area contributed by atoms with Gasteiger partial charge in [0.25, 0.3) is 0 Å². The fraction of sp³-hybridized carbons (Fsp3) is 0.667. The summed E-state index contributed by atoms with van der Waals surface area (Å²) in [6, 6.07) is -0.250. The van der Waals surface area contributed by atoms with Crippen LogP contribution < -0.4 is 5.32 Å². The van der Waals surface area contributed by atoms with Crippen LogP contribution in [0.2, 0.25) is 0 Å². The summed E-state index contributed by atoms with van der Waals surface area (Å²) in [6.07, 6.45) is 0.873. The number of hydrogen-bond donors (Lipinski definition) is 2. The van der Waals surface area contributed by atoms with Crippen LogP contribution in [0.3, 0.4) is 0 Å². The molecule has 102 valence electrons. The molecule has 1 atom stereocenters. The topological polar surface area (TPSA) is 65.5 Å². The molecule has 0 aliphatic carbocycles. The molecule has 2 amide bonds. The minimum absolute atomic E-state index is 0.0157. The number of carbonyl (C=O) groups is 1. The Hall–Kier alpha value is -1.14. The zero-order chi connectivity index (χ0) is 13.5. The number of rotatable bonds is 6. The number of amides is 2. The van der Waals surface area contributed by atoms with Crippen molar-refractivity contribution in [1.82, 2.24) is 15.2 Å². The molecule has 0 aliphatic heterocycles. The van der Waals surface area contributed by atoms with Crippen LogP contribution in [0.25, 0.3) is 0 Å². The largest absolute Gasteiger partial charge is 0.395 e. The van der Waals surface area contributed by atoms with Crippen LogP contribution in [0.15, 0.2) is 5.38 Å². The van der Waals surface area contributed by atoms with Crippen LogP contribution in [-0.4, -0.2) is 40.7 Å². The second-order valence-electron chi connectivity index (χ2n) is 4.21. The van der Waals surface area contributed by atoms with Gasteiger partial charge in [0.2, 0.25) is 0 Å². The van der Waals surface area contributed by atoms with Gasteiger partial charge >= 0.3 is 6.03 Å². The SMILES string of the molecule is CCCN(CCO)C(=O)NC(C)c1nc(C)cs1. The molecule has 1 aromatic heterocycles. The Morgan fingerprint density at radius 2 is 2.33 bits per heavy atom. The summed E-state index contributed by atoms with van der Waals surface area (Å²) >= 11 is 1.54. The van der Waals surface area contributed by atoms with E-state index in [2.05, 4.69) is 10.3 Å². The first-order valence-corrected chi connectivity index (χ1v) is 7.04. The van der Waals surface area contributed by atoms with Crippen molar-refractivity contribution in [3.8, 4) is 0 Å². The molecular weight excluding hydrogens is 250 g/mol. The fourth-order valence-electron chi connectivity index (χ4n) is 1.61. The van der Waals surface area contributed by atoms with Crippen molar-refractivity contribution in [2.75, 3.05) is 19.7 Å². The van der Waals surface area contributed by atoms with Crippen LogP contribution >= 0.6 is 11.3 Å². The van der Waals surface area contributed by atoms with Crippen molar-refractivity contribution >= 4 is 17.4 Å². The third-order valence-electron chi connectivity index (χ3n) is 2.50. The molecule has 0 radical (unpaired) electrons. The van der Waals surface area contributed by atoms with Gasteiger partial charge in [0.05, 0.1) is 12.6 Å². The van der Waals surface area contributed by atoms with Crippen molar-refractivity contribution in [3.05, 3.63) is 16.1 Å². The maximum absolute atomic E-state index is 12.0. The summed E-state index contributed by atoms with van der Waals surface area (Å²) < 4.78 is 0. The number of nitrogens with one attached hydrogen (secondary N) is 1. The maximum atomic E-state index is 12.0. The molecule has 0 fully saturated rings. The standard InChI is InChI=1S/C12H21N3O2S/c1-4-5-15(6-7-16)12(17)14-10(3)11-13-9(2)8-18-11/h8,10,16H,4-7H2,1-3H3,(H,14,17). The van der Waals surface area contributed by atoms with Gasteiger partial charge in [0.1, 0.15) is 5.01 Å². The number of urea groups is 1. The van der Waals surface area contributed by atoms with E-state index in [1.807, 2.05) is 26.2 Å². The van der Waals surface area contributed by atoms with E-state index in [1.54, 1.807) is 16.2 Å². The van der Waals surface area contributed by atoms with E-state index in [-0.39, 0.29) is 18.7 Å². The third kappa shape index (κ3) is 4.27. The van der Waals surface area contributed by atoms with Crippen LogP contribution in [-0.2, 0) is 0 Å². The summed E-state index contributed by atoms with van der Waals surface area (Å²) in [7, 11) is 0. The lowest BCUT2D eigenvalue weighted by Gasteiger charge is -2.23. The third-order valence-corrected chi connectivity index (χ3v) is 3.64. The number of aromatic nitrogens is 1. The van der Waals surface area contributed by atoms with E-state index >= 15 is 0 Å². The van der Waals surface area contributed by atoms with E-state index < -0.39 is 0 Å². The average molecular weight is 271 g/mol. The lowest BCUT2D eigenvalue weighted by Crippen LogP contribution is -2.42. The molecule has 0 spiro atoms. The normalized spacial score (nSPS) is 12.2. The first-order valence-electron chi connectivity index (χ1n) is 6.16. The van der Waals surface area contributed by atoms with Gasteiger partial charge in [-0.3, -0.25) is 0 Å². The quantitative estimate of drug-likeness (QED) is 0.831. The molecular formula is C12H21N3O2S. The molecule has 0 saturated carbocycles. The van der Waals surface area contributed by atoms with Crippen LogP contribution in [0.1, 0.15) is 37.0 Å². The molecule has 1 rings (SSSR count). The second kappa shape index (κ2) is 7.33. The molecule has 0 aliphatic rings. The number of hydrogen-bond acceptors (Lipinski definition) is 4. The van der Waals surface area contributed by atoms with Crippen LogP contribution in [0.5, 0.6) is 0 Å². The zero-order valence-corrected chi connectivity index (χ0v) is 12.0. The Morgan fingerprint density at radius 1 is 1.61 bits per heavy atom. The number of nitrogens with zero attached hydrogens (tertiary/aromatic N) is 2. The van der Waals surface area contributed by atoms with Crippen molar-refractivity contribution in [3.63, 3.8) is 0 Å². The minimum Gasteiger partial charge on any atom is -0.395 e. The monoisotopic (exact) mass is 271 g/mol. The lowest BCUT2D eigenvalue weighted by atomic mass is 10.3. The van der Waals surface area contributed by atoms with Gasteiger partial charge in [0.15, 0.2) is 0 Å². The minimum atomic E-state index is -0.147. The Labute approximate surface area is 112 Å². The Balaban J connectivity index is 2.56. The van der Waals surface area contributed by atoms with Crippen LogP contribution in [0, 0.1) is 6.92 Å². The van der Waals surface area contributed by atoms with Gasteiger partial charge in [-0.15, -0.1) is 11.3 Å². The first kappa shape index (κ1) is 14.9. The summed E-state index contributed by atoms with van der Waals surface area (Å²) in [5.41, 5.74) is 0.969. The predicted octanol–water partition coefficient (Wildman–Crippen LogP) is 1.93. The van der Waals surface area contributed by atoms with E-state index in [4.69, 9.17) is 5.11 Å². The Bertz CT molecular complexity index is 375. The first-order chi connectivity index (χ1) is 8.58. The molecule has 18 heavy (non-hydrogen) atoms. The smallest absolute Gasteiger partial charge is 0.318 e. The Kier molecular flexibility index (Phi) is 6.07. The average Bonchev–Trinajstić information content (AvgIpc) is 2.75. The molecule has 0 bridgehead atoms. The van der Waals surface area contributed by atoms with Gasteiger partial charge in [-0.1, -0.05) is 6.92 Å². The fourth-order valence-corrected chi connectivity index (χ4v) is 2.42. The van der Waals surface area contributed by atoms with Crippen molar-refractivity contribution < 1.29 is 9.90 Å². The van der Waals surface area contributed by atoms with Gasteiger partial charge in [-0.25, -0.2) is 9.78 Å². The van der Waals surface area contributed by atoms with Gasteiger partial charge < -0.3 is 15.3 Å². The number of carbonyl (C=O) groups excluding carboxylic acids is 1. The van der Waals surface area contributed by atoms with Crippen LogP contribution in [0.4, 0.5) is 4.79 Å². The summed E-state index contributed by atoms with van der Waals surface area (Å²) in [5, 5.41) is 14.7. The summed E-state index contributed by atoms with van der Waals surface area (Å²) in [6.45, 7) is 6.85. The van der Waals surface area contributed by atoms with E-state index in [0.717, 1.165) is 17.1 Å². The van der Waals surface area contributed by atoms with Gasteiger partial charge in [-0.2, -0.15) is 0 Å². The van der Waals surface area contributed by atoms with Gasteiger partial charge in [0, 0.05) is 24.2 Å². The van der Waals surface area contributed by atoms with Crippen molar-refractivity contribution in [1.29, 1.82) is 0 Å².